The highest BCUT2D eigenvalue weighted by atomic mass is 35.5. The van der Waals surface area contributed by atoms with Gasteiger partial charge in [0.25, 0.3) is 0 Å². The van der Waals surface area contributed by atoms with Gasteiger partial charge in [-0.1, -0.05) is 77.8 Å². The summed E-state index contributed by atoms with van der Waals surface area (Å²) in [6.07, 6.45) is -2.34. The first-order valence-electron chi connectivity index (χ1n) is 13.5. The van der Waals surface area contributed by atoms with Gasteiger partial charge in [0.15, 0.2) is 6.10 Å². The normalized spacial score (nSPS) is 16.8. The predicted octanol–water partition coefficient (Wildman–Crippen LogP) is 5.37. The minimum absolute atomic E-state index is 0.0113. The standard InChI is InChI=1S/C31H29Cl2F2N3O5/c32-23-11-9-19(10-12-23)15-26(29(41)37-25(18-39)16-21-13-14-36-28(21)40)38-30(42)43-27(20-5-2-1-3-6-20)31(34,35)22-7-4-8-24(33)17-22/h1-12,17-18,21,25-27H,13-16H2,(H,36,40)(H,37,41)(H,38,42)/t21-,25-,26-,27?/m0/s1. The number of carbonyl (C=O) groups is 4. The first kappa shape index (κ1) is 31.9. The van der Waals surface area contributed by atoms with Crippen molar-refractivity contribution in [3.63, 3.8) is 0 Å². The van der Waals surface area contributed by atoms with Crippen molar-refractivity contribution in [1.29, 1.82) is 0 Å². The fraction of sp³-hybridized carbons (Fsp3) is 0.290. The van der Waals surface area contributed by atoms with Crippen molar-refractivity contribution in [2.24, 2.45) is 5.92 Å². The number of carbonyl (C=O) groups excluding carboxylic acids is 4. The van der Waals surface area contributed by atoms with Gasteiger partial charge in [-0.3, -0.25) is 9.59 Å². The Labute approximate surface area is 257 Å². The number of ether oxygens (including phenoxy) is 1. The van der Waals surface area contributed by atoms with Gasteiger partial charge in [0, 0.05) is 34.5 Å². The number of benzene rings is 3. The molecule has 1 aliphatic rings. The lowest BCUT2D eigenvalue weighted by Crippen LogP contribution is -2.52. The second-order valence-corrected chi connectivity index (χ2v) is 11.0. The third-order valence-corrected chi connectivity index (χ3v) is 7.51. The molecule has 3 aromatic rings. The molecule has 0 saturated carbocycles. The number of aldehydes is 1. The Balaban J connectivity index is 1.56. The molecule has 0 spiro atoms. The van der Waals surface area contributed by atoms with Crippen LogP contribution in [0, 0.1) is 5.92 Å². The number of hydrogen-bond donors (Lipinski definition) is 3. The molecule has 4 rings (SSSR count). The molecule has 8 nitrogen and oxygen atoms in total. The summed E-state index contributed by atoms with van der Waals surface area (Å²) < 4.78 is 37.0. The highest BCUT2D eigenvalue weighted by Crippen LogP contribution is 2.43. The Morgan fingerprint density at radius 2 is 1.72 bits per heavy atom. The highest BCUT2D eigenvalue weighted by Gasteiger charge is 2.46. The fourth-order valence-electron chi connectivity index (χ4n) is 4.78. The van der Waals surface area contributed by atoms with E-state index in [-0.39, 0.29) is 29.3 Å². The van der Waals surface area contributed by atoms with Crippen LogP contribution in [0.3, 0.4) is 0 Å². The van der Waals surface area contributed by atoms with Crippen LogP contribution in [0.2, 0.25) is 10.0 Å². The van der Waals surface area contributed by atoms with E-state index in [1.807, 2.05) is 0 Å². The van der Waals surface area contributed by atoms with Crippen LogP contribution >= 0.6 is 23.2 Å². The largest absolute Gasteiger partial charge is 0.434 e. The van der Waals surface area contributed by atoms with Crippen LogP contribution < -0.4 is 16.0 Å². The molecule has 226 valence electrons. The predicted molar refractivity (Wildman–Crippen MR) is 157 cm³/mol. The van der Waals surface area contributed by atoms with Crippen molar-refractivity contribution in [2.75, 3.05) is 6.54 Å². The molecule has 0 bridgehead atoms. The Morgan fingerprint density at radius 1 is 1.00 bits per heavy atom. The maximum atomic E-state index is 15.8. The second-order valence-electron chi connectivity index (χ2n) is 10.1. The number of amides is 3. The topological polar surface area (TPSA) is 114 Å². The zero-order chi connectivity index (χ0) is 31.0. The van der Waals surface area contributed by atoms with Gasteiger partial charge >= 0.3 is 12.0 Å². The molecule has 0 aliphatic carbocycles. The number of rotatable bonds is 12. The summed E-state index contributed by atoms with van der Waals surface area (Å²) in [5.74, 6) is -5.14. The molecular weight excluding hydrogens is 603 g/mol. The van der Waals surface area contributed by atoms with Crippen molar-refractivity contribution in [3.8, 4) is 0 Å². The maximum Gasteiger partial charge on any atom is 0.408 e. The van der Waals surface area contributed by atoms with E-state index in [1.54, 1.807) is 30.3 Å². The van der Waals surface area contributed by atoms with Gasteiger partial charge in [-0.15, -0.1) is 0 Å². The average Bonchev–Trinajstić information content (AvgIpc) is 3.40. The third kappa shape index (κ3) is 8.52. The number of alkyl carbamates (subject to hydrolysis) is 1. The smallest absolute Gasteiger partial charge is 0.408 e. The lowest BCUT2D eigenvalue weighted by atomic mass is 9.97. The lowest BCUT2D eigenvalue weighted by Gasteiger charge is -2.29. The molecule has 3 N–H and O–H groups in total. The van der Waals surface area contributed by atoms with E-state index in [2.05, 4.69) is 16.0 Å². The molecule has 3 amide bonds. The summed E-state index contributed by atoms with van der Waals surface area (Å²) >= 11 is 11.9. The van der Waals surface area contributed by atoms with E-state index in [0.717, 1.165) is 6.07 Å². The molecule has 0 radical (unpaired) electrons. The highest BCUT2D eigenvalue weighted by molar-refractivity contribution is 6.30. The Hall–Kier alpha value is -4.02. The van der Waals surface area contributed by atoms with Crippen molar-refractivity contribution in [2.45, 2.75) is 43.4 Å². The van der Waals surface area contributed by atoms with Gasteiger partial charge in [-0.05, 0) is 48.2 Å². The van der Waals surface area contributed by atoms with Crippen LogP contribution in [-0.4, -0.2) is 42.8 Å². The number of nitrogens with one attached hydrogen (secondary N) is 3. The molecule has 3 aromatic carbocycles. The monoisotopic (exact) mass is 631 g/mol. The Morgan fingerprint density at radius 3 is 2.35 bits per heavy atom. The summed E-state index contributed by atoms with van der Waals surface area (Å²) in [7, 11) is 0. The van der Waals surface area contributed by atoms with Crippen LogP contribution in [0.15, 0.2) is 78.9 Å². The van der Waals surface area contributed by atoms with Gasteiger partial charge in [-0.25, -0.2) is 4.79 Å². The summed E-state index contributed by atoms with van der Waals surface area (Å²) in [6, 6.07) is 16.6. The van der Waals surface area contributed by atoms with E-state index in [9.17, 15) is 19.2 Å². The second kappa shape index (κ2) is 14.4. The van der Waals surface area contributed by atoms with E-state index in [1.165, 1.54) is 42.5 Å². The fourth-order valence-corrected chi connectivity index (χ4v) is 5.10. The molecule has 1 fully saturated rings. The molecule has 43 heavy (non-hydrogen) atoms. The van der Waals surface area contributed by atoms with Gasteiger partial charge in [0.1, 0.15) is 12.3 Å². The van der Waals surface area contributed by atoms with Crippen molar-refractivity contribution in [1.82, 2.24) is 16.0 Å². The van der Waals surface area contributed by atoms with E-state index < -0.39 is 47.6 Å². The van der Waals surface area contributed by atoms with E-state index >= 15 is 8.78 Å². The molecule has 1 heterocycles. The molecule has 0 aromatic heterocycles. The van der Waals surface area contributed by atoms with Crippen LogP contribution in [-0.2, 0) is 31.5 Å². The lowest BCUT2D eigenvalue weighted by molar-refractivity contribution is -0.128. The molecule has 12 heteroatoms. The van der Waals surface area contributed by atoms with Crippen LogP contribution in [0.5, 0.6) is 0 Å². The van der Waals surface area contributed by atoms with Crippen LogP contribution in [0.25, 0.3) is 0 Å². The van der Waals surface area contributed by atoms with Gasteiger partial charge in [-0.2, -0.15) is 8.78 Å². The van der Waals surface area contributed by atoms with Gasteiger partial charge < -0.3 is 25.5 Å². The quantitative estimate of drug-likeness (QED) is 0.233. The summed E-state index contributed by atoms with van der Waals surface area (Å²) in [4.78, 5) is 50.3. The molecule has 4 atom stereocenters. The Bertz CT molecular complexity index is 1440. The zero-order valence-corrected chi connectivity index (χ0v) is 24.3. The van der Waals surface area contributed by atoms with Crippen molar-refractivity contribution in [3.05, 3.63) is 106 Å². The van der Waals surface area contributed by atoms with Crippen LogP contribution in [0.4, 0.5) is 13.6 Å². The van der Waals surface area contributed by atoms with Gasteiger partial charge in [0.2, 0.25) is 11.8 Å². The Kier molecular flexibility index (Phi) is 10.7. The van der Waals surface area contributed by atoms with E-state index in [4.69, 9.17) is 27.9 Å². The summed E-state index contributed by atoms with van der Waals surface area (Å²) in [5, 5.41) is 8.14. The average molecular weight is 632 g/mol. The molecular formula is C31H29Cl2F2N3O5. The van der Waals surface area contributed by atoms with Crippen molar-refractivity contribution < 1.29 is 32.7 Å². The number of alkyl halides is 2. The maximum absolute atomic E-state index is 15.8. The van der Waals surface area contributed by atoms with Crippen LogP contribution in [0.1, 0.15) is 35.6 Å². The molecule has 1 unspecified atom stereocenters. The zero-order valence-electron chi connectivity index (χ0n) is 22.8. The molecule has 1 aliphatic heterocycles. The third-order valence-electron chi connectivity index (χ3n) is 7.02. The van der Waals surface area contributed by atoms with Crippen molar-refractivity contribution >= 4 is 47.4 Å². The SMILES string of the molecule is O=C[C@H](C[C@@H]1CCNC1=O)NC(=O)[C@H](Cc1ccc(Cl)cc1)NC(=O)OC(c1ccccc1)C(F)(F)c1cccc(Cl)c1. The molecule has 1 saturated heterocycles. The minimum atomic E-state index is -3.71. The van der Waals surface area contributed by atoms with E-state index in [0.29, 0.717) is 29.8 Å². The van der Waals surface area contributed by atoms with Gasteiger partial charge in [0.05, 0.1) is 6.04 Å². The number of halogens is 4. The summed E-state index contributed by atoms with van der Waals surface area (Å²) in [6.45, 7) is 0.470. The first-order chi connectivity index (χ1) is 20.6. The number of hydrogen-bond acceptors (Lipinski definition) is 5. The minimum Gasteiger partial charge on any atom is -0.434 e. The first-order valence-corrected chi connectivity index (χ1v) is 14.3. The summed E-state index contributed by atoms with van der Waals surface area (Å²) in [5.41, 5.74) is 0.130.